The Balaban J connectivity index is 1.07. The number of benzene rings is 10. The summed E-state index contributed by atoms with van der Waals surface area (Å²) < 4.78 is 19.7. The summed E-state index contributed by atoms with van der Waals surface area (Å²) in [6.07, 6.45) is 0. The van der Waals surface area contributed by atoms with Crippen molar-refractivity contribution in [3.63, 3.8) is 0 Å². The molecule has 71 heavy (non-hydrogen) atoms. The molecular formula is C63H36N6O2. The first-order valence-electron chi connectivity index (χ1n) is 23.9. The molecule has 0 saturated heterocycles. The van der Waals surface area contributed by atoms with Crippen LogP contribution in [-0.4, -0.2) is 28.7 Å². The second kappa shape index (κ2) is 14.4. The van der Waals surface area contributed by atoms with Gasteiger partial charge in [-0.25, -0.2) is 0 Å². The van der Waals surface area contributed by atoms with E-state index in [4.69, 9.17) is 23.8 Å². The van der Waals surface area contributed by atoms with Crippen molar-refractivity contribution >= 4 is 109 Å². The van der Waals surface area contributed by atoms with Crippen LogP contribution >= 0.6 is 0 Å². The Morgan fingerprint density at radius 2 is 0.535 bits per heavy atom. The van der Waals surface area contributed by atoms with E-state index in [2.05, 4.69) is 208 Å². The molecule has 0 N–H and O–H groups in total. The Kier molecular flexibility index (Phi) is 7.73. The molecule has 0 saturated carbocycles. The number of nitrogens with zero attached hydrogens (tertiary/aromatic N) is 6. The number of hydrogen-bond acceptors (Lipinski definition) is 5. The fraction of sp³-hybridized carbons (Fsp3) is 0. The fourth-order valence-corrected chi connectivity index (χ4v) is 11.7. The van der Waals surface area contributed by atoms with Gasteiger partial charge in [0.1, 0.15) is 22.3 Å². The number of rotatable bonds is 5. The van der Waals surface area contributed by atoms with Crippen LogP contribution in [0, 0.1) is 0 Å². The molecule has 6 aromatic heterocycles. The molecule has 0 amide bonds. The third-order valence-electron chi connectivity index (χ3n) is 14.6. The van der Waals surface area contributed by atoms with Crippen molar-refractivity contribution in [1.29, 1.82) is 0 Å². The van der Waals surface area contributed by atoms with Crippen LogP contribution in [0.4, 0.5) is 0 Å². The van der Waals surface area contributed by atoms with Gasteiger partial charge < -0.3 is 8.83 Å². The van der Waals surface area contributed by atoms with E-state index in [9.17, 15) is 0 Å². The summed E-state index contributed by atoms with van der Waals surface area (Å²) in [5.74, 6) is 1.47. The van der Waals surface area contributed by atoms with E-state index in [-0.39, 0.29) is 0 Å². The van der Waals surface area contributed by atoms with Gasteiger partial charge in [0.2, 0.25) is 17.8 Å². The van der Waals surface area contributed by atoms with Crippen molar-refractivity contribution in [3.05, 3.63) is 218 Å². The summed E-state index contributed by atoms with van der Waals surface area (Å²) in [6, 6.07) is 76.5. The molecule has 8 heteroatoms. The smallest absolute Gasteiger partial charge is 0.241 e. The van der Waals surface area contributed by atoms with Gasteiger partial charge in [-0.3, -0.25) is 13.7 Å². The molecule has 0 unspecified atom stereocenters. The summed E-state index contributed by atoms with van der Waals surface area (Å²) in [6.45, 7) is 0. The van der Waals surface area contributed by atoms with Crippen molar-refractivity contribution < 1.29 is 8.83 Å². The van der Waals surface area contributed by atoms with Crippen LogP contribution in [0.2, 0.25) is 0 Å². The summed E-state index contributed by atoms with van der Waals surface area (Å²) in [7, 11) is 0. The lowest BCUT2D eigenvalue weighted by molar-refractivity contribution is 0.668. The minimum atomic E-state index is 0.487. The first kappa shape index (κ1) is 38.2. The van der Waals surface area contributed by atoms with E-state index in [0.717, 1.165) is 132 Å². The highest BCUT2D eigenvalue weighted by atomic mass is 16.3. The van der Waals surface area contributed by atoms with Crippen molar-refractivity contribution in [1.82, 2.24) is 28.7 Å². The van der Waals surface area contributed by atoms with Gasteiger partial charge in [0.25, 0.3) is 0 Å². The third kappa shape index (κ3) is 5.30. The molecule has 8 nitrogen and oxygen atoms in total. The summed E-state index contributed by atoms with van der Waals surface area (Å²) in [4.78, 5) is 17.0. The first-order chi connectivity index (χ1) is 35.2. The number of furan rings is 2. The number of aromatic nitrogens is 6. The van der Waals surface area contributed by atoms with Gasteiger partial charge in [-0.1, -0.05) is 170 Å². The lowest BCUT2D eigenvalue weighted by Gasteiger charge is -2.16. The summed E-state index contributed by atoms with van der Waals surface area (Å²) >= 11 is 0. The Bertz CT molecular complexity index is 4610. The van der Waals surface area contributed by atoms with Crippen LogP contribution < -0.4 is 0 Å². The van der Waals surface area contributed by atoms with Crippen LogP contribution in [0.25, 0.3) is 149 Å². The maximum atomic E-state index is 6.49. The normalized spacial score (nSPS) is 12.2. The van der Waals surface area contributed by atoms with Crippen molar-refractivity contribution in [3.8, 4) is 40.1 Å². The molecule has 0 fully saturated rings. The van der Waals surface area contributed by atoms with Gasteiger partial charge in [0.15, 0.2) is 0 Å². The standard InChI is InChI=1S/C63H36N6O2/c1-7-29-49-37(17-1)38-18-2-8-30-50(38)67(49)61-64-62(68-51-31-9-3-19-39(51)43-25-13-27-45(59(43)68)41-23-15-35-55-57(41)47-21-5-11-33-53(47)70-55)66-63(65-61)69-52-32-10-4-20-40(52)44-26-14-28-46(60(44)69)42-24-16-36-56-58(42)48-22-6-12-34-54(48)71-56/h1-36H. The highest BCUT2D eigenvalue weighted by Crippen LogP contribution is 2.45. The molecular weight excluding hydrogens is 873 g/mol. The van der Waals surface area contributed by atoms with E-state index in [0.29, 0.717) is 17.8 Å². The Morgan fingerprint density at radius 1 is 0.239 bits per heavy atom. The molecule has 0 radical (unpaired) electrons. The Labute approximate surface area is 403 Å². The lowest BCUT2D eigenvalue weighted by atomic mass is 9.97. The summed E-state index contributed by atoms with van der Waals surface area (Å²) in [5, 5.41) is 10.8. The molecule has 0 atom stereocenters. The van der Waals surface area contributed by atoms with Crippen LogP contribution in [-0.2, 0) is 0 Å². The largest absolute Gasteiger partial charge is 0.456 e. The predicted octanol–water partition coefficient (Wildman–Crippen LogP) is 16.3. The van der Waals surface area contributed by atoms with Gasteiger partial charge in [-0.05, 0) is 59.7 Å². The predicted molar refractivity (Wildman–Crippen MR) is 288 cm³/mol. The molecule has 16 aromatic rings. The molecule has 0 aliphatic carbocycles. The second-order valence-corrected chi connectivity index (χ2v) is 18.3. The average Bonchev–Trinajstić information content (AvgIpc) is 4.24. The topological polar surface area (TPSA) is 79.7 Å². The number of fused-ring (bicyclic) bond motifs is 15. The summed E-state index contributed by atoms with van der Waals surface area (Å²) in [5.41, 5.74) is 13.5. The maximum Gasteiger partial charge on any atom is 0.241 e. The minimum absolute atomic E-state index is 0.487. The van der Waals surface area contributed by atoms with E-state index in [1.165, 1.54) is 0 Å². The van der Waals surface area contributed by atoms with E-state index >= 15 is 0 Å². The van der Waals surface area contributed by atoms with Crippen LogP contribution in [0.3, 0.4) is 0 Å². The van der Waals surface area contributed by atoms with Crippen molar-refractivity contribution in [2.45, 2.75) is 0 Å². The zero-order valence-corrected chi connectivity index (χ0v) is 37.8. The fourth-order valence-electron chi connectivity index (χ4n) is 11.7. The zero-order valence-electron chi connectivity index (χ0n) is 37.8. The van der Waals surface area contributed by atoms with Gasteiger partial charge in [-0.15, -0.1) is 0 Å². The quantitative estimate of drug-likeness (QED) is 0.172. The van der Waals surface area contributed by atoms with Crippen molar-refractivity contribution in [2.24, 2.45) is 0 Å². The molecule has 0 spiro atoms. The molecule has 6 heterocycles. The Morgan fingerprint density at radius 3 is 0.972 bits per heavy atom. The lowest BCUT2D eigenvalue weighted by Crippen LogP contribution is -2.13. The van der Waals surface area contributed by atoms with Crippen molar-refractivity contribution in [2.75, 3.05) is 0 Å². The van der Waals surface area contributed by atoms with Gasteiger partial charge >= 0.3 is 0 Å². The molecule has 330 valence electrons. The molecule has 16 rings (SSSR count). The highest BCUT2D eigenvalue weighted by Gasteiger charge is 2.26. The van der Waals surface area contributed by atoms with E-state index < -0.39 is 0 Å². The zero-order chi connectivity index (χ0) is 46.3. The SMILES string of the molecule is c1ccc2c(c1)oc1cccc(-c3cccc4c5ccccc5n(-c5nc(-n6c7ccccc7c7ccccc76)nc(-n6c7ccccc7c7cccc(-c8cccc9oc%10ccccc%10c89)c76)n5)c34)c12. The molecule has 0 aliphatic heterocycles. The first-order valence-corrected chi connectivity index (χ1v) is 23.9. The maximum absolute atomic E-state index is 6.49. The minimum Gasteiger partial charge on any atom is -0.456 e. The van der Waals surface area contributed by atoms with E-state index in [1.54, 1.807) is 0 Å². The average molecular weight is 909 g/mol. The molecule has 0 bridgehead atoms. The molecule has 10 aromatic carbocycles. The number of hydrogen-bond donors (Lipinski definition) is 0. The van der Waals surface area contributed by atoms with E-state index in [1.807, 2.05) is 24.3 Å². The van der Waals surface area contributed by atoms with Crippen LogP contribution in [0.5, 0.6) is 0 Å². The monoisotopic (exact) mass is 908 g/mol. The van der Waals surface area contributed by atoms with Gasteiger partial charge in [-0.2, -0.15) is 15.0 Å². The van der Waals surface area contributed by atoms with Crippen LogP contribution in [0.1, 0.15) is 0 Å². The highest BCUT2D eigenvalue weighted by molar-refractivity contribution is 6.21. The van der Waals surface area contributed by atoms with Gasteiger partial charge in [0.05, 0.1) is 33.1 Å². The van der Waals surface area contributed by atoms with Gasteiger partial charge in [0, 0.05) is 65.0 Å². The second-order valence-electron chi connectivity index (χ2n) is 18.3. The third-order valence-corrected chi connectivity index (χ3v) is 14.6. The Hall–Kier alpha value is -9.79. The van der Waals surface area contributed by atoms with Crippen LogP contribution in [0.15, 0.2) is 227 Å². The molecule has 0 aliphatic rings. The number of para-hydroxylation sites is 8.